The molecular weight excluding hydrogens is 2120 g/mol. The van der Waals surface area contributed by atoms with Crippen molar-refractivity contribution in [1.29, 1.82) is 0 Å². The summed E-state index contributed by atoms with van der Waals surface area (Å²) in [7, 11) is -29.2. The normalized spacial score (nSPS) is 33.3. The van der Waals surface area contributed by atoms with Crippen molar-refractivity contribution in [2.45, 2.75) is 239 Å². The Kier molecular flexibility index (Phi) is 51.7. The second-order valence-corrected chi connectivity index (χ2v) is 37.7. The number of likely N-dealkylation sites (tertiary alicyclic amines) is 1. The van der Waals surface area contributed by atoms with E-state index in [1.807, 2.05) is 6.92 Å². The zero-order chi connectivity index (χ0) is 103. The molecule has 0 aromatic rings. The summed E-state index contributed by atoms with van der Waals surface area (Å²) in [6.07, 6.45) is -69.3. The number of rotatable bonds is 66. The van der Waals surface area contributed by atoms with Crippen LogP contribution in [0.2, 0.25) is 0 Å². The first-order chi connectivity index (χ1) is 65.7. The van der Waals surface area contributed by atoms with Gasteiger partial charge in [-0.15, -0.1) is 26.7 Å². The first-order valence-corrected chi connectivity index (χ1v) is 49.6. The molecular formula is C59H97N7O64S9. The van der Waals surface area contributed by atoms with Crippen LogP contribution in [-0.2, 0) is 230 Å². The van der Waals surface area contributed by atoms with Crippen LogP contribution in [-0.4, -0.2) is 441 Å². The fourth-order valence-corrected chi connectivity index (χ4v) is 18.5. The molecule has 7 heterocycles. The molecule has 0 aliphatic carbocycles. The average Bonchev–Trinajstić information content (AvgIpc) is 1.33. The average molecular weight is 2220 g/mol. The van der Waals surface area contributed by atoms with Gasteiger partial charge in [-0.3, -0.25) is 66.0 Å². The smallest absolute Gasteiger partial charge is 0.397 e. The van der Waals surface area contributed by atoms with E-state index in [-0.39, 0.29) is 107 Å². The Morgan fingerprint density at radius 2 is 0.835 bits per heavy atom. The summed E-state index contributed by atoms with van der Waals surface area (Å²) in [5, 5.41) is 123. The van der Waals surface area contributed by atoms with Crippen LogP contribution in [0.1, 0.15) is 51.9 Å². The van der Waals surface area contributed by atoms with Gasteiger partial charge in [0.15, 0.2) is 68.3 Å². The van der Waals surface area contributed by atoms with Gasteiger partial charge < -0.3 is 132 Å². The molecule has 22 N–H and O–H groups in total. The number of aliphatic hydroxyl groups is 7. The number of nitrogens with zero attached hydrogens (tertiary/aromatic N) is 1. The highest BCUT2D eigenvalue weighted by atomic mass is 32.3. The zero-order valence-corrected chi connectivity index (χ0v) is 77.8. The first kappa shape index (κ1) is 121. The molecule has 0 radical (unpaired) electrons. The van der Waals surface area contributed by atoms with Gasteiger partial charge in [0.1, 0.15) is 108 Å². The lowest BCUT2D eigenvalue weighted by atomic mass is 9.98. The van der Waals surface area contributed by atoms with Crippen molar-refractivity contribution in [3.63, 3.8) is 0 Å². The Labute approximate surface area is 799 Å². The lowest BCUT2D eigenvalue weighted by molar-refractivity contribution is -0.499. The van der Waals surface area contributed by atoms with E-state index in [0.717, 1.165) is 35.9 Å². The molecule has 31 atom stereocenters. The first-order valence-electron chi connectivity index (χ1n) is 39.3. The highest BCUT2D eigenvalue weighted by Crippen LogP contribution is 2.44. The molecule has 0 saturated carbocycles. The van der Waals surface area contributed by atoms with Gasteiger partial charge in [0.25, 0.3) is 19.4 Å². The Bertz CT molecular complexity index is 4400. The fourth-order valence-electron chi connectivity index (χ4n) is 13.3. The molecule has 0 aromatic carbocycles. The van der Waals surface area contributed by atoms with Gasteiger partial charge >= 0.3 is 52.0 Å². The topological polar surface area (TPSA) is 983 Å². The van der Waals surface area contributed by atoms with Crippen molar-refractivity contribution in [3.05, 3.63) is 0 Å². The lowest BCUT2D eigenvalue weighted by Crippen LogP contribution is -2.68. The van der Waals surface area contributed by atoms with Crippen LogP contribution in [0.15, 0.2) is 0 Å². The van der Waals surface area contributed by atoms with E-state index in [4.69, 9.17) is 108 Å². The molecule has 0 aromatic heterocycles. The number of thioether (sulfide) groups is 1. The van der Waals surface area contributed by atoms with Crippen LogP contribution in [0.4, 0.5) is 0 Å². The van der Waals surface area contributed by atoms with Crippen LogP contribution in [0.5, 0.6) is 0 Å². The quantitative estimate of drug-likeness (QED) is 0.00309. The predicted molar refractivity (Wildman–Crippen MR) is 424 cm³/mol. The number of amides is 5. The molecule has 806 valence electrons. The minimum Gasteiger partial charge on any atom is -0.435 e. The van der Waals surface area contributed by atoms with Gasteiger partial charge in [-0.1, -0.05) is 24.8 Å². The standard InChI is InChI=1S/C59H97N7O64S9/c1-2-3-4-8-60-29(71)6-11-101-13-14-102-12-9-61-28(70)5-10-66-31(73)16-27(50(66)81)131-15-7-30(72)62-20-103-57-47(132-127-63-124-82)36(78)40(25(110-57)18-108-135(86,87)88)115-56-46(123-139(98,99)100)34(76)42(52(120-56)105-22-68)116-58-48(133-128-64-125-83)37(79)39(24(111-58)17-107-130-85)113-55-45(122-138(95,96)97)35(77)43(53(119-55)106-23-69)117-59-49(134-129-65-126-84)38(80)41(26(112-59)19-109-136(89,90)91)114-54-44(121-137(92,93)94)32(74)33(75)51(118-54)104-21-67/h21-27,32-49,51-59,63-65,74-80,82-85H,2-20H2,1H3,(H,60,71)(H,61,70)(H,62,72)(H,86,87,88)(H,89,90,91)(H,92,93,94)(H,95,96,97)(H,98,99,100)/t24-,25?,26?,27?,32+,33-,34+,35?,36-,37?,38-,39+,40+,41+,42-,43-,44?,45?,46?,47?,48?,49?,51?,52?,53+,54+,55+,56+,57+,58+,59+/m0/s1. The zero-order valence-electron chi connectivity index (χ0n) is 70.4. The number of hydrogen-bond donors (Lipinski definition) is 22. The Balaban J connectivity index is 1.07. The molecule has 7 rings (SSSR count). The Morgan fingerprint density at radius 3 is 1.27 bits per heavy atom. The molecule has 7 saturated heterocycles. The van der Waals surface area contributed by atoms with Crippen LogP contribution in [0.3, 0.4) is 0 Å². The molecule has 7 fully saturated rings. The number of carbonyl (C=O) groups excluding carboxylic acids is 8. The monoisotopic (exact) mass is 2220 g/mol. The summed E-state index contributed by atoms with van der Waals surface area (Å²) >= 11 is 0.371. The van der Waals surface area contributed by atoms with Crippen molar-refractivity contribution < 1.29 is 299 Å². The number of aliphatic hydroxyl groups excluding tert-OH is 7. The van der Waals surface area contributed by atoms with E-state index in [1.165, 1.54) is 16.9 Å². The van der Waals surface area contributed by atoms with Gasteiger partial charge in [0, 0.05) is 87.2 Å². The number of ether oxygens (including phenoxy) is 17. The van der Waals surface area contributed by atoms with Crippen molar-refractivity contribution in [1.82, 2.24) is 37.8 Å². The van der Waals surface area contributed by atoms with Gasteiger partial charge in [0.2, 0.25) is 48.4 Å². The molecule has 7 aliphatic rings. The van der Waals surface area contributed by atoms with Gasteiger partial charge in [-0.25, -0.2) is 59.7 Å². The summed E-state index contributed by atoms with van der Waals surface area (Å²) < 4.78 is 304. The van der Waals surface area contributed by atoms with E-state index < -0.39 is 315 Å². The maximum Gasteiger partial charge on any atom is 0.397 e. The minimum atomic E-state index is -6.12. The SMILES string of the molecule is CCCCCNC(=O)CCOCCOCCNC(=O)CCN1C(=O)CC(SCCC(=O)NCO[C@@H]2OC(COS(=O)(=O)O)[C@@H](O[C@@H]3OC(OC=O)[C@@H](O[C@H]4O[C@@H](COOO)[C@@H](O[C@@H]5O[C@@H](OC=O)[C@@H](O[C@H]6OC(COS(=O)(=O)O)[C@@H](O[C@@H]7OC(OC=O)[C@@H](O)[C@@H](O)C7OS(=O)(=O)O)[C@H](O)C6SONOO)C(O)C5OS(=O)(=O)O)C(O)C4SONOO)[C@@H](O)C3OS(=O)(=O)O)[C@H](O)C2SONOO)C1=O. The van der Waals surface area contributed by atoms with Crippen molar-refractivity contribution >= 4 is 149 Å². The molecule has 0 bridgehead atoms. The number of hydrogen-bond acceptors (Lipinski definition) is 66. The van der Waals surface area contributed by atoms with Crippen LogP contribution >= 0.6 is 47.9 Å². The summed E-state index contributed by atoms with van der Waals surface area (Å²) in [6, 6.07) is 0. The molecule has 80 heteroatoms. The third-order valence-electron chi connectivity index (χ3n) is 19.2. The van der Waals surface area contributed by atoms with E-state index >= 15 is 0 Å². The van der Waals surface area contributed by atoms with Crippen LogP contribution in [0, 0.1) is 0 Å². The largest absolute Gasteiger partial charge is 0.435 e. The summed E-state index contributed by atoms with van der Waals surface area (Å²) in [5.41, 5.74) is 4.19. The lowest BCUT2D eigenvalue weighted by Gasteiger charge is -2.50. The number of carbonyl (C=O) groups is 8. The predicted octanol–water partition coefficient (Wildman–Crippen LogP) is -11.8. The van der Waals surface area contributed by atoms with E-state index in [9.17, 15) is 149 Å². The van der Waals surface area contributed by atoms with Crippen LogP contribution in [0.25, 0.3) is 0 Å². The highest BCUT2D eigenvalue weighted by Gasteiger charge is 2.62. The van der Waals surface area contributed by atoms with Gasteiger partial charge in [-0.2, -0.15) is 42.1 Å². The Hall–Kier alpha value is -4.73. The molecule has 0 spiro atoms. The van der Waals surface area contributed by atoms with Gasteiger partial charge in [0.05, 0.1) is 44.9 Å². The number of nitrogens with one attached hydrogen (secondary N) is 6. The van der Waals surface area contributed by atoms with Crippen molar-refractivity contribution in [3.8, 4) is 0 Å². The van der Waals surface area contributed by atoms with E-state index in [2.05, 4.69) is 58.1 Å². The second kappa shape index (κ2) is 59.3. The number of unbranched alkanes of at least 4 members (excludes halogenated alkanes) is 2. The summed E-state index contributed by atoms with van der Waals surface area (Å²) in [6.45, 7) is -3.94. The number of imide groups is 1. The molecule has 5 amide bonds. The molecule has 71 nitrogen and oxygen atoms in total. The summed E-state index contributed by atoms with van der Waals surface area (Å²) in [4.78, 5) is 116. The van der Waals surface area contributed by atoms with Crippen LogP contribution < -0.4 is 32.9 Å². The molecule has 139 heavy (non-hydrogen) atoms. The third kappa shape index (κ3) is 39.5. The third-order valence-corrected chi connectivity index (χ3v) is 25.4. The minimum absolute atomic E-state index is 0.0213. The fraction of sp³-hybridized carbons (Fsp3) is 0.864. The summed E-state index contributed by atoms with van der Waals surface area (Å²) in [5.74, 6) is -2.93. The molecule has 13 unspecified atom stereocenters. The second-order valence-electron chi connectivity index (χ2n) is 28.3. The van der Waals surface area contributed by atoms with E-state index in [0.29, 0.717) is 6.54 Å². The maximum atomic E-state index is 13.3. The van der Waals surface area contributed by atoms with E-state index in [1.54, 1.807) is 0 Å². The molecule has 7 aliphatic heterocycles. The van der Waals surface area contributed by atoms with Crippen molar-refractivity contribution in [2.24, 2.45) is 0 Å². The maximum absolute atomic E-state index is 13.3. The van der Waals surface area contributed by atoms with Gasteiger partial charge in [-0.05, 0) is 23.4 Å². The Morgan fingerprint density at radius 1 is 0.432 bits per heavy atom. The van der Waals surface area contributed by atoms with Crippen molar-refractivity contribution in [2.75, 3.05) is 78.4 Å². The highest BCUT2D eigenvalue weighted by molar-refractivity contribution is 8.00.